The number of hydrogen-bond donors (Lipinski definition) is 1. The van der Waals surface area contributed by atoms with Gasteiger partial charge in [0.2, 0.25) is 0 Å². The molecule has 174 valence electrons. The highest BCUT2D eigenvalue weighted by atomic mass is 79.9. The van der Waals surface area contributed by atoms with E-state index in [1.807, 2.05) is 13.8 Å². The Hall–Kier alpha value is -1.84. The van der Waals surface area contributed by atoms with Crippen molar-refractivity contribution in [3.05, 3.63) is 58.9 Å². The summed E-state index contributed by atoms with van der Waals surface area (Å²) in [4.78, 5) is 50.3. The molecule has 7 nitrogen and oxygen atoms in total. The van der Waals surface area contributed by atoms with E-state index in [4.69, 9.17) is 51.1 Å². The zero-order chi connectivity index (χ0) is 24.6. The highest BCUT2D eigenvalue weighted by molar-refractivity contribution is 9.10. The number of carbonyl (C=O) groups is 4. The Morgan fingerprint density at radius 1 is 0.939 bits per heavy atom. The summed E-state index contributed by atoms with van der Waals surface area (Å²) in [5.74, 6) is -2.82. The maximum atomic E-state index is 12.6. The standard InChI is InChI=1S/C21H15BrCl4N2O5/c1-8-9(2)11(4-3-10(8)22)27-12(29)7-33-13(30)5-6-28-20(31)14-15(21(28)32)17(24)19(26)18(25)16(14)23/h3-4H,5-7H2,1-2H3,(H,27,29). The van der Waals surface area contributed by atoms with Crippen molar-refractivity contribution in [3.8, 4) is 0 Å². The molecule has 0 saturated heterocycles. The number of fused-ring (bicyclic) bond motifs is 1. The first-order valence-electron chi connectivity index (χ1n) is 9.39. The summed E-state index contributed by atoms with van der Waals surface area (Å²) in [5.41, 5.74) is 2.08. The molecule has 12 heteroatoms. The van der Waals surface area contributed by atoms with E-state index >= 15 is 0 Å². The fourth-order valence-corrected chi connectivity index (χ4v) is 4.57. The van der Waals surface area contributed by atoms with Crippen LogP contribution in [0.4, 0.5) is 5.69 Å². The second-order valence-electron chi connectivity index (χ2n) is 7.07. The summed E-state index contributed by atoms with van der Waals surface area (Å²) in [5, 5.41) is 1.99. The number of rotatable bonds is 6. The molecule has 0 unspecified atom stereocenters. The zero-order valence-electron chi connectivity index (χ0n) is 17.2. The zero-order valence-corrected chi connectivity index (χ0v) is 21.8. The highest BCUT2D eigenvalue weighted by Crippen LogP contribution is 2.44. The summed E-state index contributed by atoms with van der Waals surface area (Å²) in [6.07, 6.45) is -0.341. The van der Waals surface area contributed by atoms with Gasteiger partial charge in [-0.2, -0.15) is 0 Å². The van der Waals surface area contributed by atoms with E-state index < -0.39 is 30.3 Å². The fourth-order valence-electron chi connectivity index (χ4n) is 3.13. The van der Waals surface area contributed by atoms with Crippen LogP contribution in [0.2, 0.25) is 20.1 Å². The van der Waals surface area contributed by atoms with Crippen molar-refractivity contribution in [1.82, 2.24) is 4.90 Å². The topological polar surface area (TPSA) is 92.8 Å². The van der Waals surface area contributed by atoms with E-state index in [0.717, 1.165) is 20.5 Å². The Morgan fingerprint density at radius 2 is 1.48 bits per heavy atom. The molecule has 1 aliphatic heterocycles. The molecule has 3 amide bonds. The molecule has 33 heavy (non-hydrogen) atoms. The Balaban J connectivity index is 1.58. The minimum atomic E-state index is -0.779. The molecule has 0 atom stereocenters. The van der Waals surface area contributed by atoms with Gasteiger partial charge in [0.15, 0.2) is 6.61 Å². The van der Waals surface area contributed by atoms with Crippen molar-refractivity contribution in [1.29, 1.82) is 0 Å². The normalized spacial score (nSPS) is 12.8. The number of halogens is 5. The average molecular weight is 597 g/mol. The van der Waals surface area contributed by atoms with Crippen LogP contribution in [0.15, 0.2) is 16.6 Å². The monoisotopic (exact) mass is 594 g/mol. The van der Waals surface area contributed by atoms with Gasteiger partial charge < -0.3 is 10.1 Å². The maximum absolute atomic E-state index is 12.6. The van der Waals surface area contributed by atoms with Gasteiger partial charge in [0.05, 0.1) is 37.6 Å². The molecule has 2 aromatic carbocycles. The number of nitrogens with zero attached hydrogens (tertiary/aromatic N) is 1. The average Bonchev–Trinajstić information content (AvgIpc) is 3.03. The maximum Gasteiger partial charge on any atom is 0.308 e. The van der Waals surface area contributed by atoms with E-state index in [9.17, 15) is 19.2 Å². The molecular weight excluding hydrogens is 582 g/mol. The predicted molar refractivity (Wildman–Crippen MR) is 130 cm³/mol. The van der Waals surface area contributed by atoms with Crippen molar-refractivity contribution in [2.45, 2.75) is 20.3 Å². The molecular formula is C21H15BrCl4N2O5. The second kappa shape index (κ2) is 10.2. The lowest BCUT2D eigenvalue weighted by atomic mass is 10.1. The van der Waals surface area contributed by atoms with Gasteiger partial charge in [-0.05, 0) is 37.1 Å². The van der Waals surface area contributed by atoms with Gasteiger partial charge >= 0.3 is 5.97 Å². The first kappa shape index (κ1) is 25.8. The molecule has 2 aromatic rings. The van der Waals surface area contributed by atoms with E-state index in [1.165, 1.54) is 0 Å². The first-order valence-corrected chi connectivity index (χ1v) is 11.7. The fraction of sp³-hybridized carbons (Fsp3) is 0.238. The number of imide groups is 1. The van der Waals surface area contributed by atoms with Crippen LogP contribution in [0.3, 0.4) is 0 Å². The molecule has 0 saturated carbocycles. The largest absolute Gasteiger partial charge is 0.456 e. The van der Waals surface area contributed by atoms with Gasteiger partial charge in [-0.3, -0.25) is 24.1 Å². The van der Waals surface area contributed by atoms with Crippen LogP contribution in [0, 0.1) is 13.8 Å². The Bertz CT molecular complexity index is 1170. The van der Waals surface area contributed by atoms with Crippen LogP contribution in [-0.2, 0) is 14.3 Å². The van der Waals surface area contributed by atoms with Gasteiger partial charge in [0.25, 0.3) is 17.7 Å². The first-order chi connectivity index (χ1) is 15.5. The molecule has 1 heterocycles. The van der Waals surface area contributed by atoms with Crippen molar-refractivity contribution in [2.24, 2.45) is 0 Å². The van der Waals surface area contributed by atoms with Crippen molar-refractivity contribution >= 4 is 91.7 Å². The Morgan fingerprint density at radius 3 is 2.03 bits per heavy atom. The SMILES string of the molecule is Cc1c(Br)ccc(NC(=O)COC(=O)CCN2C(=O)c3c(Cl)c(Cl)c(Cl)c(Cl)c3C2=O)c1C. The van der Waals surface area contributed by atoms with E-state index in [0.29, 0.717) is 5.69 Å². The summed E-state index contributed by atoms with van der Waals surface area (Å²) in [6.45, 7) is 2.91. The number of anilines is 1. The molecule has 1 N–H and O–H groups in total. The second-order valence-corrected chi connectivity index (χ2v) is 9.44. The summed E-state index contributed by atoms with van der Waals surface area (Å²) in [6, 6.07) is 3.52. The third-order valence-corrected chi connectivity index (χ3v) is 7.75. The molecule has 0 aliphatic carbocycles. The van der Waals surface area contributed by atoms with Gasteiger partial charge in [0, 0.05) is 16.7 Å². The number of esters is 1. The number of nitrogens with one attached hydrogen (secondary N) is 1. The van der Waals surface area contributed by atoms with Crippen LogP contribution < -0.4 is 5.32 Å². The molecule has 0 aromatic heterocycles. The molecule has 1 aliphatic rings. The summed E-state index contributed by atoms with van der Waals surface area (Å²) < 4.78 is 5.87. The Kier molecular flexibility index (Phi) is 7.96. The molecule has 0 fully saturated rings. The van der Waals surface area contributed by atoms with Crippen LogP contribution in [0.25, 0.3) is 0 Å². The number of ether oxygens (including phenoxy) is 1. The molecule has 0 radical (unpaired) electrons. The Labute approximate surface area is 217 Å². The summed E-state index contributed by atoms with van der Waals surface area (Å²) in [7, 11) is 0. The number of benzene rings is 2. The smallest absolute Gasteiger partial charge is 0.308 e. The lowest BCUT2D eigenvalue weighted by Crippen LogP contribution is -2.32. The van der Waals surface area contributed by atoms with Crippen LogP contribution in [0.1, 0.15) is 38.3 Å². The van der Waals surface area contributed by atoms with Crippen molar-refractivity contribution < 1.29 is 23.9 Å². The minimum absolute atomic E-state index is 0.147. The molecule has 0 bridgehead atoms. The van der Waals surface area contributed by atoms with Crippen LogP contribution >= 0.6 is 62.3 Å². The van der Waals surface area contributed by atoms with Crippen LogP contribution in [-0.4, -0.2) is 41.7 Å². The van der Waals surface area contributed by atoms with Gasteiger partial charge in [-0.15, -0.1) is 0 Å². The van der Waals surface area contributed by atoms with Gasteiger partial charge in [0.1, 0.15) is 0 Å². The van der Waals surface area contributed by atoms with Gasteiger partial charge in [-0.25, -0.2) is 0 Å². The minimum Gasteiger partial charge on any atom is -0.456 e. The number of amides is 3. The lowest BCUT2D eigenvalue weighted by Gasteiger charge is -2.14. The van der Waals surface area contributed by atoms with Gasteiger partial charge in [-0.1, -0.05) is 62.3 Å². The third kappa shape index (κ3) is 5.00. The summed E-state index contributed by atoms with van der Waals surface area (Å²) >= 11 is 27.5. The molecule has 3 rings (SSSR count). The quantitative estimate of drug-likeness (QED) is 0.196. The number of carbonyl (C=O) groups excluding carboxylic acids is 4. The predicted octanol–water partition coefficient (Wildman–Crippen LogP) is 5.85. The number of hydrogen-bond acceptors (Lipinski definition) is 5. The van der Waals surface area contributed by atoms with Crippen molar-refractivity contribution in [2.75, 3.05) is 18.5 Å². The van der Waals surface area contributed by atoms with Crippen molar-refractivity contribution in [3.63, 3.8) is 0 Å². The van der Waals surface area contributed by atoms with E-state index in [-0.39, 0.29) is 44.2 Å². The van der Waals surface area contributed by atoms with E-state index in [1.54, 1.807) is 12.1 Å². The van der Waals surface area contributed by atoms with Crippen LogP contribution in [0.5, 0.6) is 0 Å². The highest BCUT2D eigenvalue weighted by Gasteiger charge is 2.41. The lowest BCUT2D eigenvalue weighted by molar-refractivity contribution is -0.147. The van der Waals surface area contributed by atoms with E-state index in [2.05, 4.69) is 21.2 Å². The molecule has 0 spiro atoms. The third-order valence-electron chi connectivity index (χ3n) is 5.08.